The minimum absolute atomic E-state index is 0.0915. The lowest BCUT2D eigenvalue weighted by atomic mass is 10.0. The molecule has 0 aromatic carbocycles. The molecule has 0 bridgehead atoms. The third kappa shape index (κ3) is 48.1. The minimum Gasteiger partial charge on any atom is -0.462 e. The Hall–Kier alpha value is -2.89. The van der Waals surface area contributed by atoms with Crippen LogP contribution in [0.25, 0.3) is 0 Å². The van der Waals surface area contributed by atoms with Gasteiger partial charge in [0.25, 0.3) is 0 Å². The third-order valence-electron chi connectivity index (χ3n) is 11.3. The molecule has 0 N–H and O–H groups in total. The van der Waals surface area contributed by atoms with Gasteiger partial charge in [0, 0.05) is 19.3 Å². The summed E-state index contributed by atoms with van der Waals surface area (Å²) in [5.41, 5.74) is 0. The highest BCUT2D eigenvalue weighted by Gasteiger charge is 2.19. The third-order valence-corrected chi connectivity index (χ3v) is 11.3. The summed E-state index contributed by atoms with van der Waals surface area (Å²) in [4.78, 5) is 37.9. The van der Waals surface area contributed by atoms with E-state index in [0.717, 1.165) is 83.5 Å². The van der Waals surface area contributed by atoms with Gasteiger partial charge in [-0.25, -0.2) is 0 Å². The molecule has 0 aliphatic rings. The molecule has 0 amide bonds. The van der Waals surface area contributed by atoms with Crippen LogP contribution in [0.1, 0.15) is 258 Å². The molecular weight excluding hydrogens is 769 g/mol. The Morgan fingerprint density at radius 1 is 0.339 bits per heavy atom. The maximum absolute atomic E-state index is 12.8. The highest BCUT2D eigenvalue weighted by Crippen LogP contribution is 2.16. The van der Waals surface area contributed by atoms with Crippen molar-refractivity contribution in [2.45, 2.75) is 264 Å². The molecule has 6 nitrogen and oxygen atoms in total. The normalized spacial score (nSPS) is 12.5. The Bertz CT molecular complexity index is 1130. The second-order valence-corrected chi connectivity index (χ2v) is 17.4. The molecule has 6 heteroatoms. The molecule has 0 fully saturated rings. The average molecular weight is 867 g/mol. The number of carbonyl (C=O) groups is 3. The fraction of sp³-hybridized carbons (Fsp3) is 0.768. The minimum atomic E-state index is -0.796. The quantitative estimate of drug-likeness (QED) is 0.0262. The lowest BCUT2D eigenvalue weighted by Gasteiger charge is -2.18. The van der Waals surface area contributed by atoms with Crippen LogP contribution in [0.5, 0.6) is 0 Å². The molecule has 0 aromatic heterocycles. The van der Waals surface area contributed by atoms with Crippen molar-refractivity contribution >= 4 is 17.9 Å². The van der Waals surface area contributed by atoms with Crippen LogP contribution in [0.15, 0.2) is 60.8 Å². The van der Waals surface area contributed by atoms with Crippen LogP contribution in [0.4, 0.5) is 0 Å². The molecule has 0 saturated carbocycles. The van der Waals surface area contributed by atoms with Gasteiger partial charge in [0.15, 0.2) is 6.10 Å². The van der Waals surface area contributed by atoms with Gasteiger partial charge in [-0.05, 0) is 77.0 Å². The van der Waals surface area contributed by atoms with Crippen molar-refractivity contribution in [2.75, 3.05) is 13.2 Å². The molecule has 0 aromatic rings. The average Bonchev–Trinajstić information content (AvgIpc) is 3.27. The zero-order chi connectivity index (χ0) is 45.1. The Kier molecular flexibility index (Phi) is 48.4. The summed E-state index contributed by atoms with van der Waals surface area (Å²) in [6.45, 7) is 6.46. The van der Waals surface area contributed by atoms with E-state index >= 15 is 0 Å². The molecule has 1 atom stereocenters. The summed E-state index contributed by atoms with van der Waals surface area (Å²) in [6, 6.07) is 0. The van der Waals surface area contributed by atoms with E-state index in [2.05, 4.69) is 81.5 Å². The van der Waals surface area contributed by atoms with E-state index in [9.17, 15) is 14.4 Å². The number of unbranched alkanes of at least 4 members (excludes halogenated alkanes) is 26. The Morgan fingerprint density at radius 2 is 0.645 bits per heavy atom. The molecule has 62 heavy (non-hydrogen) atoms. The van der Waals surface area contributed by atoms with Crippen molar-refractivity contribution in [3.63, 3.8) is 0 Å². The van der Waals surface area contributed by atoms with Crippen molar-refractivity contribution in [3.05, 3.63) is 60.8 Å². The monoisotopic (exact) mass is 867 g/mol. The molecule has 0 aliphatic heterocycles. The molecule has 0 heterocycles. The first-order valence-electron chi connectivity index (χ1n) is 26.3. The van der Waals surface area contributed by atoms with Gasteiger partial charge < -0.3 is 14.2 Å². The van der Waals surface area contributed by atoms with Crippen LogP contribution >= 0.6 is 0 Å². The molecule has 0 radical (unpaired) electrons. The predicted molar refractivity (Wildman–Crippen MR) is 265 cm³/mol. The van der Waals surface area contributed by atoms with Crippen LogP contribution in [0.3, 0.4) is 0 Å². The molecular formula is C56H98O6. The van der Waals surface area contributed by atoms with Crippen LogP contribution in [0, 0.1) is 0 Å². The maximum Gasteiger partial charge on any atom is 0.306 e. The van der Waals surface area contributed by atoms with Gasteiger partial charge in [0.1, 0.15) is 13.2 Å². The lowest BCUT2D eigenvalue weighted by Crippen LogP contribution is -2.30. The van der Waals surface area contributed by atoms with Gasteiger partial charge in [0.2, 0.25) is 0 Å². The molecule has 0 aliphatic carbocycles. The van der Waals surface area contributed by atoms with Crippen molar-refractivity contribution in [2.24, 2.45) is 0 Å². The number of carbonyl (C=O) groups excluding carboxylic acids is 3. The number of ether oxygens (including phenoxy) is 3. The standard InChI is InChI=1S/C56H98O6/c1-4-7-10-13-16-19-22-24-26-27-28-30-31-34-37-40-43-46-49-55(58)61-52-53(51-60-54(57)48-45-42-39-36-33-21-18-15-12-9-6-3)62-56(59)50-47-44-41-38-35-32-29-25-23-20-17-14-11-8-5-2/h8,11,15,17-18,20,25,29,35,38,53H,4-7,9-10,12-14,16,19,21-24,26-28,30-34,36-37,39-52H2,1-3H3/b11-8-,18-15-,20-17-,29-25-,38-35-/t53-/m1/s1. The van der Waals surface area contributed by atoms with Crippen LogP contribution < -0.4 is 0 Å². The smallest absolute Gasteiger partial charge is 0.306 e. The van der Waals surface area contributed by atoms with Gasteiger partial charge in [-0.15, -0.1) is 0 Å². The van der Waals surface area contributed by atoms with E-state index < -0.39 is 6.10 Å². The van der Waals surface area contributed by atoms with Crippen LogP contribution in [-0.2, 0) is 28.6 Å². The zero-order valence-corrected chi connectivity index (χ0v) is 40.9. The van der Waals surface area contributed by atoms with E-state index in [1.165, 1.54) is 128 Å². The SMILES string of the molecule is CC/C=C\C/C=C\C/C=C\C/C=C\CCCCC(=O)O[C@H](COC(=O)CCCCCCC/C=C\CCCC)COC(=O)CCCCCCCCCCCCCCCCCCCC. The summed E-state index contributed by atoms with van der Waals surface area (Å²) in [5, 5.41) is 0. The van der Waals surface area contributed by atoms with Crippen molar-refractivity contribution in [1.29, 1.82) is 0 Å². The van der Waals surface area contributed by atoms with Gasteiger partial charge in [-0.3, -0.25) is 14.4 Å². The van der Waals surface area contributed by atoms with E-state index in [1.807, 2.05) is 0 Å². The topological polar surface area (TPSA) is 78.9 Å². The number of hydrogen-bond donors (Lipinski definition) is 0. The molecule has 0 unspecified atom stereocenters. The summed E-state index contributed by atoms with van der Waals surface area (Å²) in [5.74, 6) is -0.938. The van der Waals surface area contributed by atoms with E-state index in [1.54, 1.807) is 0 Å². The number of allylic oxidation sites excluding steroid dienone is 10. The summed E-state index contributed by atoms with van der Waals surface area (Å²) in [7, 11) is 0. The second kappa shape index (κ2) is 50.8. The van der Waals surface area contributed by atoms with Crippen LogP contribution in [-0.4, -0.2) is 37.2 Å². The summed E-state index contributed by atoms with van der Waals surface area (Å²) in [6.07, 6.45) is 62.1. The van der Waals surface area contributed by atoms with Crippen molar-refractivity contribution in [3.8, 4) is 0 Å². The molecule has 0 spiro atoms. The lowest BCUT2D eigenvalue weighted by molar-refractivity contribution is -0.167. The van der Waals surface area contributed by atoms with Gasteiger partial charge in [0.05, 0.1) is 0 Å². The van der Waals surface area contributed by atoms with Gasteiger partial charge >= 0.3 is 17.9 Å². The Balaban J connectivity index is 4.38. The summed E-state index contributed by atoms with van der Waals surface area (Å²) >= 11 is 0. The Labute approximate surface area is 383 Å². The number of esters is 3. The maximum atomic E-state index is 12.8. The van der Waals surface area contributed by atoms with E-state index in [4.69, 9.17) is 14.2 Å². The van der Waals surface area contributed by atoms with Crippen molar-refractivity contribution in [1.82, 2.24) is 0 Å². The second-order valence-electron chi connectivity index (χ2n) is 17.4. The highest BCUT2D eigenvalue weighted by molar-refractivity contribution is 5.71. The van der Waals surface area contributed by atoms with E-state index in [-0.39, 0.29) is 37.5 Å². The first-order valence-corrected chi connectivity index (χ1v) is 26.3. The fourth-order valence-corrected chi connectivity index (χ4v) is 7.30. The first-order chi connectivity index (χ1) is 30.5. The van der Waals surface area contributed by atoms with Crippen molar-refractivity contribution < 1.29 is 28.6 Å². The number of rotatable bonds is 47. The van der Waals surface area contributed by atoms with Crippen LogP contribution in [0.2, 0.25) is 0 Å². The predicted octanol–water partition coefficient (Wildman–Crippen LogP) is 17.3. The first kappa shape index (κ1) is 59.1. The zero-order valence-electron chi connectivity index (χ0n) is 40.9. The van der Waals surface area contributed by atoms with Gasteiger partial charge in [-0.2, -0.15) is 0 Å². The summed E-state index contributed by atoms with van der Waals surface area (Å²) < 4.78 is 16.8. The molecule has 358 valence electrons. The Morgan fingerprint density at radius 3 is 1.08 bits per heavy atom. The van der Waals surface area contributed by atoms with Gasteiger partial charge in [-0.1, -0.05) is 223 Å². The van der Waals surface area contributed by atoms with E-state index in [0.29, 0.717) is 19.3 Å². The largest absolute Gasteiger partial charge is 0.462 e. The number of hydrogen-bond acceptors (Lipinski definition) is 6. The highest BCUT2D eigenvalue weighted by atomic mass is 16.6. The molecule has 0 rings (SSSR count). The fourth-order valence-electron chi connectivity index (χ4n) is 7.30. The molecule has 0 saturated heterocycles.